The van der Waals surface area contributed by atoms with E-state index in [1.807, 2.05) is 31.2 Å². The van der Waals surface area contributed by atoms with Gasteiger partial charge in [-0.15, -0.1) is 0 Å². The van der Waals surface area contributed by atoms with Crippen LogP contribution in [0.1, 0.15) is 11.1 Å². The Bertz CT molecular complexity index is 674. The maximum absolute atomic E-state index is 12.2. The Balaban J connectivity index is 2.05. The number of hydrogen-bond acceptors (Lipinski definition) is 5. The first kappa shape index (κ1) is 18.9. The standard InChI is InChI=1S/C16H24N2O5S/c1-13-3-5-14(6-4-13)9-16(12-19)11-18(7-8-23-16)15(20)10-17-24(2,21)22/h3-6,17,19H,7-12H2,1-2H3/t16-/m0/s1. The van der Waals surface area contributed by atoms with Gasteiger partial charge in [0.15, 0.2) is 0 Å². The molecule has 7 nitrogen and oxygen atoms in total. The van der Waals surface area contributed by atoms with E-state index < -0.39 is 15.6 Å². The van der Waals surface area contributed by atoms with E-state index in [9.17, 15) is 18.3 Å². The lowest BCUT2D eigenvalue weighted by molar-refractivity contribution is -0.156. The SMILES string of the molecule is Cc1ccc(C[C@@]2(CO)CN(C(=O)CNS(C)(=O)=O)CCO2)cc1. The molecule has 1 aliphatic rings. The molecule has 1 heterocycles. The summed E-state index contributed by atoms with van der Waals surface area (Å²) >= 11 is 0. The molecule has 1 aromatic carbocycles. The number of nitrogens with zero attached hydrogens (tertiary/aromatic N) is 1. The second-order valence-corrected chi connectivity index (χ2v) is 8.09. The van der Waals surface area contributed by atoms with E-state index in [4.69, 9.17) is 4.74 Å². The van der Waals surface area contributed by atoms with Gasteiger partial charge in [0.25, 0.3) is 0 Å². The Morgan fingerprint density at radius 2 is 2.04 bits per heavy atom. The van der Waals surface area contributed by atoms with Crippen LogP contribution in [0.3, 0.4) is 0 Å². The Morgan fingerprint density at radius 3 is 2.62 bits per heavy atom. The largest absolute Gasteiger partial charge is 0.393 e. The van der Waals surface area contributed by atoms with Crippen LogP contribution in [0.5, 0.6) is 0 Å². The number of morpholine rings is 1. The Hall–Kier alpha value is -1.48. The highest BCUT2D eigenvalue weighted by Crippen LogP contribution is 2.23. The fourth-order valence-corrected chi connectivity index (χ4v) is 3.08. The number of sulfonamides is 1. The van der Waals surface area contributed by atoms with Gasteiger partial charge in [0, 0.05) is 13.0 Å². The van der Waals surface area contributed by atoms with E-state index in [2.05, 4.69) is 4.72 Å². The second kappa shape index (κ2) is 7.60. The van der Waals surface area contributed by atoms with Gasteiger partial charge in [0.05, 0.1) is 32.6 Å². The molecule has 0 aliphatic carbocycles. The van der Waals surface area contributed by atoms with Crippen LogP contribution in [0.25, 0.3) is 0 Å². The molecule has 0 aromatic heterocycles. The minimum absolute atomic E-state index is 0.218. The molecule has 1 amide bonds. The lowest BCUT2D eigenvalue weighted by Crippen LogP contribution is -2.58. The summed E-state index contributed by atoms with van der Waals surface area (Å²) in [7, 11) is -3.42. The van der Waals surface area contributed by atoms with E-state index in [1.54, 1.807) is 0 Å². The minimum atomic E-state index is -3.42. The van der Waals surface area contributed by atoms with E-state index in [0.717, 1.165) is 17.4 Å². The number of nitrogens with one attached hydrogen (secondary N) is 1. The number of aliphatic hydroxyl groups is 1. The van der Waals surface area contributed by atoms with Gasteiger partial charge in [0.2, 0.25) is 15.9 Å². The first-order chi connectivity index (χ1) is 11.2. The molecule has 0 saturated carbocycles. The van der Waals surface area contributed by atoms with Crippen molar-refractivity contribution in [3.05, 3.63) is 35.4 Å². The molecule has 1 fully saturated rings. The van der Waals surface area contributed by atoms with Crippen molar-refractivity contribution in [2.45, 2.75) is 18.9 Å². The van der Waals surface area contributed by atoms with Crippen LogP contribution in [-0.4, -0.2) is 69.0 Å². The van der Waals surface area contributed by atoms with Gasteiger partial charge in [0.1, 0.15) is 5.60 Å². The van der Waals surface area contributed by atoms with Gasteiger partial charge in [-0.3, -0.25) is 4.79 Å². The summed E-state index contributed by atoms with van der Waals surface area (Å²) in [5, 5.41) is 9.84. The molecule has 1 atom stereocenters. The van der Waals surface area contributed by atoms with Crippen molar-refractivity contribution in [1.29, 1.82) is 0 Å². The van der Waals surface area contributed by atoms with Gasteiger partial charge < -0.3 is 14.7 Å². The van der Waals surface area contributed by atoms with Crippen LogP contribution < -0.4 is 4.72 Å². The molecule has 0 unspecified atom stereocenters. The van der Waals surface area contributed by atoms with Crippen molar-refractivity contribution < 1.29 is 23.1 Å². The van der Waals surface area contributed by atoms with Crippen LogP contribution in [0.2, 0.25) is 0 Å². The van der Waals surface area contributed by atoms with Crippen LogP contribution >= 0.6 is 0 Å². The van der Waals surface area contributed by atoms with Gasteiger partial charge in [-0.2, -0.15) is 0 Å². The summed E-state index contributed by atoms with van der Waals surface area (Å²) < 4.78 is 30.2. The van der Waals surface area contributed by atoms with Crippen molar-refractivity contribution in [3.63, 3.8) is 0 Å². The predicted octanol–water partition coefficient (Wildman–Crippen LogP) is -0.323. The predicted molar refractivity (Wildman–Crippen MR) is 90.1 cm³/mol. The molecule has 134 valence electrons. The lowest BCUT2D eigenvalue weighted by Gasteiger charge is -2.42. The third kappa shape index (κ3) is 5.27. The summed E-state index contributed by atoms with van der Waals surface area (Å²) in [5.74, 6) is -0.328. The lowest BCUT2D eigenvalue weighted by atomic mass is 9.92. The summed E-state index contributed by atoms with van der Waals surface area (Å²) in [6, 6.07) is 7.93. The number of aryl methyl sites for hydroxylation is 1. The third-order valence-corrected chi connectivity index (χ3v) is 4.69. The topological polar surface area (TPSA) is 95.9 Å². The normalized spacial score (nSPS) is 21.7. The molecule has 0 bridgehead atoms. The molecule has 2 N–H and O–H groups in total. The van der Waals surface area contributed by atoms with Gasteiger partial charge >= 0.3 is 0 Å². The number of hydrogen-bond donors (Lipinski definition) is 2. The highest BCUT2D eigenvalue weighted by atomic mass is 32.2. The molecule has 0 radical (unpaired) electrons. The van der Waals surface area contributed by atoms with E-state index in [0.29, 0.717) is 19.6 Å². The summed E-state index contributed by atoms with van der Waals surface area (Å²) in [6.07, 6.45) is 1.49. The number of rotatable bonds is 6. The van der Waals surface area contributed by atoms with E-state index in [1.165, 1.54) is 4.90 Å². The molecule has 0 spiro atoms. The van der Waals surface area contributed by atoms with E-state index >= 15 is 0 Å². The maximum Gasteiger partial charge on any atom is 0.237 e. The first-order valence-corrected chi connectivity index (χ1v) is 9.65. The zero-order chi connectivity index (χ0) is 17.8. The molecule has 24 heavy (non-hydrogen) atoms. The van der Waals surface area contributed by atoms with Crippen molar-refractivity contribution in [2.75, 3.05) is 39.1 Å². The average molecular weight is 356 g/mol. The van der Waals surface area contributed by atoms with Crippen LogP contribution in [-0.2, 0) is 26.0 Å². The third-order valence-electron chi connectivity index (χ3n) is 4.02. The fraction of sp³-hybridized carbons (Fsp3) is 0.562. The first-order valence-electron chi connectivity index (χ1n) is 7.76. The monoisotopic (exact) mass is 356 g/mol. The zero-order valence-corrected chi connectivity index (χ0v) is 14.8. The number of carbonyl (C=O) groups is 1. The van der Waals surface area contributed by atoms with Gasteiger partial charge in [-0.05, 0) is 12.5 Å². The average Bonchev–Trinajstić information content (AvgIpc) is 2.54. The second-order valence-electron chi connectivity index (χ2n) is 6.26. The van der Waals surface area contributed by atoms with Crippen molar-refractivity contribution in [1.82, 2.24) is 9.62 Å². The molecule has 1 saturated heterocycles. The van der Waals surface area contributed by atoms with Gasteiger partial charge in [-0.1, -0.05) is 29.8 Å². The fourth-order valence-electron chi connectivity index (χ4n) is 2.70. The quantitative estimate of drug-likeness (QED) is 0.728. The van der Waals surface area contributed by atoms with Gasteiger partial charge in [-0.25, -0.2) is 13.1 Å². The number of benzene rings is 1. The van der Waals surface area contributed by atoms with Crippen molar-refractivity contribution in [3.8, 4) is 0 Å². The zero-order valence-electron chi connectivity index (χ0n) is 14.0. The number of amides is 1. The molecule has 1 aromatic rings. The smallest absolute Gasteiger partial charge is 0.237 e. The number of aliphatic hydroxyl groups excluding tert-OH is 1. The molecular weight excluding hydrogens is 332 g/mol. The number of ether oxygens (including phenoxy) is 1. The Labute approximate surface area is 142 Å². The highest BCUT2D eigenvalue weighted by Gasteiger charge is 2.38. The van der Waals surface area contributed by atoms with Crippen LogP contribution in [0.15, 0.2) is 24.3 Å². The molecular formula is C16H24N2O5S. The molecule has 2 rings (SSSR count). The maximum atomic E-state index is 12.2. The summed E-state index contributed by atoms with van der Waals surface area (Å²) in [5.41, 5.74) is 1.29. The highest BCUT2D eigenvalue weighted by molar-refractivity contribution is 7.88. The summed E-state index contributed by atoms with van der Waals surface area (Å²) in [4.78, 5) is 13.7. The van der Waals surface area contributed by atoms with Crippen molar-refractivity contribution in [2.24, 2.45) is 0 Å². The van der Waals surface area contributed by atoms with Crippen LogP contribution in [0.4, 0.5) is 0 Å². The van der Waals surface area contributed by atoms with Crippen molar-refractivity contribution >= 4 is 15.9 Å². The molecule has 1 aliphatic heterocycles. The minimum Gasteiger partial charge on any atom is -0.393 e. The molecule has 8 heteroatoms. The number of carbonyl (C=O) groups excluding carboxylic acids is 1. The Kier molecular flexibility index (Phi) is 5.97. The van der Waals surface area contributed by atoms with Crippen LogP contribution in [0, 0.1) is 6.92 Å². The Morgan fingerprint density at radius 1 is 1.38 bits per heavy atom. The summed E-state index contributed by atoms with van der Waals surface area (Å²) in [6.45, 7) is 2.39. The van der Waals surface area contributed by atoms with E-state index in [-0.39, 0.29) is 25.6 Å².